The first kappa shape index (κ1) is 10.5. The zero-order valence-electron chi connectivity index (χ0n) is 6.57. The first-order valence-electron chi connectivity index (χ1n) is 3.34. The van der Waals surface area contributed by atoms with Gasteiger partial charge in [0.2, 0.25) is 0 Å². The van der Waals surface area contributed by atoms with Gasteiger partial charge in [-0.1, -0.05) is 6.58 Å². The van der Waals surface area contributed by atoms with Crippen LogP contribution in [-0.4, -0.2) is 33.2 Å². The Morgan fingerprint density at radius 2 is 2.27 bits per heavy atom. The van der Waals surface area contributed by atoms with Crippen molar-refractivity contribution in [1.29, 1.82) is 0 Å². The molecule has 0 aliphatic carbocycles. The number of ether oxygens (including phenoxy) is 1. The van der Waals surface area contributed by atoms with Crippen LogP contribution < -0.4 is 5.32 Å². The molecule has 0 radical (unpaired) electrons. The number of hydrogen-bond donors (Lipinski definition) is 1. The highest BCUT2D eigenvalue weighted by molar-refractivity contribution is 4.96. The molecule has 4 heteroatoms. The monoisotopic (exact) mass is 165 g/mol. The predicted molar refractivity (Wildman–Crippen MR) is 39.9 cm³/mol. The van der Waals surface area contributed by atoms with Crippen molar-refractivity contribution in [2.75, 3.05) is 26.8 Å². The fraction of sp³-hybridized carbons (Fsp3) is 0.714. The Labute approximate surface area is 65.2 Å². The SMILES string of the molecule is C=C(CNC)COCC(F)F. The molecule has 0 saturated heterocycles. The fourth-order valence-corrected chi connectivity index (χ4v) is 0.593. The quantitative estimate of drug-likeness (QED) is 0.594. The lowest BCUT2D eigenvalue weighted by Gasteiger charge is -2.05. The highest BCUT2D eigenvalue weighted by Gasteiger charge is 2.01. The van der Waals surface area contributed by atoms with Crippen LogP contribution in [-0.2, 0) is 4.74 Å². The highest BCUT2D eigenvalue weighted by Crippen LogP contribution is 1.95. The maximum absolute atomic E-state index is 11.5. The van der Waals surface area contributed by atoms with Crippen LogP contribution in [0.4, 0.5) is 8.78 Å². The van der Waals surface area contributed by atoms with Crippen LogP contribution in [0.15, 0.2) is 12.2 Å². The molecule has 0 aliphatic rings. The van der Waals surface area contributed by atoms with Gasteiger partial charge in [-0.15, -0.1) is 0 Å². The van der Waals surface area contributed by atoms with Crippen molar-refractivity contribution in [1.82, 2.24) is 5.32 Å². The Hall–Kier alpha value is -0.480. The van der Waals surface area contributed by atoms with Crippen LogP contribution in [0.2, 0.25) is 0 Å². The average Bonchev–Trinajstić information content (AvgIpc) is 1.87. The Bertz CT molecular complexity index is 117. The van der Waals surface area contributed by atoms with Gasteiger partial charge < -0.3 is 10.1 Å². The molecule has 0 spiro atoms. The second-order valence-electron chi connectivity index (χ2n) is 2.19. The van der Waals surface area contributed by atoms with E-state index in [1.807, 2.05) is 0 Å². The molecule has 0 atom stereocenters. The fourth-order valence-electron chi connectivity index (χ4n) is 0.593. The second kappa shape index (κ2) is 6.24. The van der Waals surface area contributed by atoms with E-state index in [0.29, 0.717) is 6.54 Å². The van der Waals surface area contributed by atoms with Crippen LogP contribution >= 0.6 is 0 Å². The van der Waals surface area contributed by atoms with Crippen LogP contribution in [0.3, 0.4) is 0 Å². The summed E-state index contributed by atoms with van der Waals surface area (Å²) in [5.41, 5.74) is 0.771. The Kier molecular flexibility index (Phi) is 5.97. The Morgan fingerprint density at radius 1 is 1.64 bits per heavy atom. The van der Waals surface area contributed by atoms with Crippen molar-refractivity contribution in [3.63, 3.8) is 0 Å². The summed E-state index contributed by atoms with van der Waals surface area (Å²) in [6, 6.07) is 0. The third kappa shape index (κ3) is 7.42. The van der Waals surface area contributed by atoms with E-state index < -0.39 is 13.0 Å². The second-order valence-corrected chi connectivity index (χ2v) is 2.19. The molecule has 0 rings (SSSR count). The van der Waals surface area contributed by atoms with E-state index in [0.717, 1.165) is 5.57 Å². The van der Waals surface area contributed by atoms with Gasteiger partial charge in [0.25, 0.3) is 6.43 Å². The van der Waals surface area contributed by atoms with Gasteiger partial charge in [0.05, 0.1) is 6.61 Å². The molecule has 2 nitrogen and oxygen atoms in total. The largest absolute Gasteiger partial charge is 0.371 e. The molecule has 66 valence electrons. The van der Waals surface area contributed by atoms with Gasteiger partial charge in [0.15, 0.2) is 0 Å². The summed E-state index contributed by atoms with van der Waals surface area (Å²) in [5, 5.41) is 2.84. The normalized spacial score (nSPS) is 10.5. The van der Waals surface area contributed by atoms with Crippen molar-refractivity contribution >= 4 is 0 Å². The van der Waals surface area contributed by atoms with Crippen LogP contribution in [0, 0.1) is 0 Å². The Balaban J connectivity index is 3.17. The predicted octanol–water partition coefficient (Wildman–Crippen LogP) is 1.04. The van der Waals surface area contributed by atoms with E-state index in [1.54, 1.807) is 7.05 Å². The van der Waals surface area contributed by atoms with E-state index in [4.69, 9.17) is 0 Å². The van der Waals surface area contributed by atoms with Crippen molar-refractivity contribution in [3.05, 3.63) is 12.2 Å². The minimum absolute atomic E-state index is 0.200. The maximum Gasteiger partial charge on any atom is 0.261 e. The molecular weight excluding hydrogens is 152 g/mol. The van der Waals surface area contributed by atoms with Gasteiger partial charge in [0, 0.05) is 6.54 Å². The van der Waals surface area contributed by atoms with Crippen molar-refractivity contribution in [2.45, 2.75) is 6.43 Å². The lowest BCUT2D eigenvalue weighted by Crippen LogP contribution is -2.15. The summed E-state index contributed by atoms with van der Waals surface area (Å²) >= 11 is 0. The number of alkyl halides is 2. The minimum atomic E-state index is -2.39. The van der Waals surface area contributed by atoms with Gasteiger partial charge in [-0.2, -0.15) is 0 Å². The molecule has 1 N–H and O–H groups in total. The summed E-state index contributed by atoms with van der Waals surface area (Å²) in [6.07, 6.45) is -2.39. The number of likely N-dealkylation sites (N-methyl/N-ethyl adjacent to an activating group) is 1. The van der Waals surface area contributed by atoms with Gasteiger partial charge in [-0.05, 0) is 12.6 Å². The molecule has 0 saturated carbocycles. The van der Waals surface area contributed by atoms with Crippen molar-refractivity contribution in [2.24, 2.45) is 0 Å². The first-order valence-corrected chi connectivity index (χ1v) is 3.34. The van der Waals surface area contributed by atoms with Gasteiger partial charge in [0.1, 0.15) is 6.61 Å². The number of rotatable bonds is 6. The van der Waals surface area contributed by atoms with E-state index in [2.05, 4.69) is 16.6 Å². The lowest BCUT2D eigenvalue weighted by molar-refractivity contribution is 0.0261. The molecule has 0 aromatic rings. The molecule has 0 bridgehead atoms. The lowest BCUT2D eigenvalue weighted by atomic mass is 10.3. The zero-order chi connectivity index (χ0) is 8.69. The number of hydrogen-bond acceptors (Lipinski definition) is 2. The third-order valence-electron chi connectivity index (χ3n) is 0.977. The minimum Gasteiger partial charge on any atom is -0.371 e. The molecule has 0 fully saturated rings. The summed E-state index contributed by atoms with van der Waals surface area (Å²) < 4.78 is 27.6. The van der Waals surface area contributed by atoms with E-state index in [9.17, 15) is 8.78 Å². The van der Waals surface area contributed by atoms with Gasteiger partial charge in [-0.25, -0.2) is 8.78 Å². The molecule has 0 unspecified atom stereocenters. The van der Waals surface area contributed by atoms with E-state index >= 15 is 0 Å². The molecule has 11 heavy (non-hydrogen) atoms. The van der Waals surface area contributed by atoms with E-state index in [1.165, 1.54) is 0 Å². The summed E-state index contributed by atoms with van der Waals surface area (Å²) in [6.45, 7) is 3.90. The molecular formula is C7H13F2NO. The van der Waals surface area contributed by atoms with E-state index in [-0.39, 0.29) is 6.61 Å². The van der Waals surface area contributed by atoms with Crippen LogP contribution in [0.1, 0.15) is 0 Å². The molecule has 0 aromatic carbocycles. The van der Waals surface area contributed by atoms with Crippen LogP contribution in [0.5, 0.6) is 0 Å². The highest BCUT2D eigenvalue weighted by atomic mass is 19.3. The first-order chi connectivity index (χ1) is 5.16. The number of halogens is 2. The summed E-state index contributed by atoms with van der Waals surface area (Å²) in [7, 11) is 1.76. The average molecular weight is 165 g/mol. The summed E-state index contributed by atoms with van der Waals surface area (Å²) in [4.78, 5) is 0. The standard InChI is InChI=1S/C7H13F2NO/c1-6(3-10-2)4-11-5-7(8)9/h7,10H,1,3-5H2,2H3. The number of nitrogens with one attached hydrogen (secondary N) is 1. The molecule has 0 aliphatic heterocycles. The van der Waals surface area contributed by atoms with Crippen molar-refractivity contribution < 1.29 is 13.5 Å². The molecule has 0 aromatic heterocycles. The maximum atomic E-state index is 11.5. The topological polar surface area (TPSA) is 21.3 Å². The third-order valence-corrected chi connectivity index (χ3v) is 0.977. The smallest absolute Gasteiger partial charge is 0.261 e. The van der Waals surface area contributed by atoms with Crippen LogP contribution in [0.25, 0.3) is 0 Å². The summed E-state index contributed by atoms with van der Waals surface area (Å²) in [5.74, 6) is 0. The zero-order valence-corrected chi connectivity index (χ0v) is 6.57. The molecule has 0 amide bonds. The Morgan fingerprint density at radius 3 is 2.73 bits per heavy atom. The van der Waals surface area contributed by atoms with Gasteiger partial charge >= 0.3 is 0 Å². The molecule has 0 heterocycles. The van der Waals surface area contributed by atoms with Crippen molar-refractivity contribution in [3.8, 4) is 0 Å². The van der Waals surface area contributed by atoms with Gasteiger partial charge in [-0.3, -0.25) is 0 Å².